The van der Waals surface area contributed by atoms with Gasteiger partial charge in [-0.15, -0.1) is 0 Å². The topological polar surface area (TPSA) is 58.6 Å². The standard InChI is InChI=1S/C14H21NO3/c1-3-7-18-13-6-4-5-12(9-13)8-11(2)15-10-14(16)17/h4-6,9,11,15H,3,7-8,10H2,1-2H3,(H,16,17). The Kier molecular flexibility index (Phi) is 6.22. The van der Waals surface area contributed by atoms with Gasteiger partial charge in [-0.25, -0.2) is 0 Å². The van der Waals surface area contributed by atoms with Gasteiger partial charge in [0.1, 0.15) is 5.75 Å². The van der Waals surface area contributed by atoms with Gasteiger partial charge in [-0.2, -0.15) is 0 Å². The molecular weight excluding hydrogens is 230 g/mol. The van der Waals surface area contributed by atoms with Crippen LogP contribution in [0, 0.1) is 0 Å². The summed E-state index contributed by atoms with van der Waals surface area (Å²) in [7, 11) is 0. The number of rotatable bonds is 8. The van der Waals surface area contributed by atoms with E-state index in [1.165, 1.54) is 0 Å². The summed E-state index contributed by atoms with van der Waals surface area (Å²) in [5.74, 6) is 0.0432. The minimum Gasteiger partial charge on any atom is -0.494 e. The Bertz CT molecular complexity index is 379. The molecule has 0 heterocycles. The Balaban J connectivity index is 2.47. The van der Waals surface area contributed by atoms with Crippen LogP contribution in [-0.2, 0) is 11.2 Å². The van der Waals surface area contributed by atoms with Gasteiger partial charge in [0, 0.05) is 6.04 Å². The van der Waals surface area contributed by atoms with Crippen molar-refractivity contribution in [2.45, 2.75) is 32.7 Å². The molecule has 0 radical (unpaired) electrons. The largest absolute Gasteiger partial charge is 0.494 e. The van der Waals surface area contributed by atoms with Crippen LogP contribution in [-0.4, -0.2) is 30.3 Å². The van der Waals surface area contributed by atoms with E-state index in [1.54, 1.807) is 0 Å². The molecule has 18 heavy (non-hydrogen) atoms. The van der Waals surface area contributed by atoms with Crippen molar-refractivity contribution in [2.75, 3.05) is 13.2 Å². The average molecular weight is 251 g/mol. The summed E-state index contributed by atoms with van der Waals surface area (Å²) in [5, 5.41) is 11.5. The first kappa shape index (κ1) is 14.5. The van der Waals surface area contributed by atoms with Crippen LogP contribution in [0.5, 0.6) is 5.75 Å². The van der Waals surface area contributed by atoms with E-state index in [2.05, 4.69) is 12.2 Å². The highest BCUT2D eigenvalue weighted by molar-refractivity contribution is 5.69. The summed E-state index contributed by atoms with van der Waals surface area (Å²) in [6.07, 6.45) is 1.78. The quantitative estimate of drug-likeness (QED) is 0.742. The summed E-state index contributed by atoms with van der Waals surface area (Å²) < 4.78 is 5.56. The Morgan fingerprint density at radius 3 is 2.94 bits per heavy atom. The predicted molar refractivity (Wildman–Crippen MR) is 71.0 cm³/mol. The molecule has 0 spiro atoms. The molecule has 0 amide bonds. The van der Waals surface area contributed by atoms with Crippen molar-refractivity contribution < 1.29 is 14.6 Å². The van der Waals surface area contributed by atoms with E-state index in [1.807, 2.05) is 31.2 Å². The Hall–Kier alpha value is -1.55. The third-order valence-electron chi connectivity index (χ3n) is 2.51. The number of nitrogens with one attached hydrogen (secondary N) is 1. The number of aliphatic carboxylic acids is 1. The fourth-order valence-corrected chi connectivity index (χ4v) is 1.67. The normalized spacial score (nSPS) is 12.1. The van der Waals surface area contributed by atoms with Crippen LogP contribution in [0.4, 0.5) is 0 Å². The fraction of sp³-hybridized carbons (Fsp3) is 0.500. The molecule has 0 saturated heterocycles. The summed E-state index contributed by atoms with van der Waals surface area (Å²) >= 11 is 0. The van der Waals surface area contributed by atoms with Crippen molar-refractivity contribution in [1.82, 2.24) is 5.32 Å². The first-order chi connectivity index (χ1) is 8.61. The molecule has 1 aromatic rings. The van der Waals surface area contributed by atoms with Gasteiger partial charge in [0.15, 0.2) is 0 Å². The van der Waals surface area contributed by atoms with Crippen LogP contribution in [0.15, 0.2) is 24.3 Å². The molecule has 1 unspecified atom stereocenters. The molecule has 1 rings (SSSR count). The van der Waals surface area contributed by atoms with Gasteiger partial charge in [0.2, 0.25) is 0 Å². The van der Waals surface area contributed by atoms with Crippen LogP contribution in [0.1, 0.15) is 25.8 Å². The van der Waals surface area contributed by atoms with Crippen molar-refractivity contribution >= 4 is 5.97 Å². The molecule has 0 aliphatic heterocycles. The van der Waals surface area contributed by atoms with Crippen molar-refractivity contribution in [1.29, 1.82) is 0 Å². The predicted octanol–water partition coefficient (Wildman–Crippen LogP) is 2.08. The number of carboxylic acid groups (broad SMARTS) is 1. The Labute approximate surface area is 108 Å². The molecule has 0 aliphatic rings. The zero-order chi connectivity index (χ0) is 13.4. The van der Waals surface area contributed by atoms with Gasteiger partial charge in [-0.3, -0.25) is 4.79 Å². The molecule has 0 saturated carbocycles. The zero-order valence-electron chi connectivity index (χ0n) is 11.0. The number of hydrogen-bond acceptors (Lipinski definition) is 3. The summed E-state index contributed by atoms with van der Waals surface area (Å²) in [6.45, 7) is 4.76. The second-order valence-electron chi connectivity index (χ2n) is 4.38. The van der Waals surface area contributed by atoms with E-state index in [4.69, 9.17) is 9.84 Å². The van der Waals surface area contributed by atoms with Crippen LogP contribution >= 0.6 is 0 Å². The molecule has 1 aromatic carbocycles. The Morgan fingerprint density at radius 2 is 2.28 bits per heavy atom. The van der Waals surface area contributed by atoms with Crippen LogP contribution in [0.3, 0.4) is 0 Å². The SMILES string of the molecule is CCCOc1cccc(CC(C)NCC(=O)O)c1. The van der Waals surface area contributed by atoms with E-state index in [0.29, 0.717) is 0 Å². The number of ether oxygens (including phenoxy) is 1. The van der Waals surface area contributed by atoms with Crippen LogP contribution in [0.25, 0.3) is 0 Å². The number of hydrogen-bond donors (Lipinski definition) is 2. The lowest BCUT2D eigenvalue weighted by molar-refractivity contribution is -0.136. The maximum Gasteiger partial charge on any atom is 0.317 e. The van der Waals surface area contributed by atoms with Gasteiger partial charge in [-0.05, 0) is 37.5 Å². The maximum absolute atomic E-state index is 10.4. The summed E-state index contributed by atoms with van der Waals surface area (Å²) in [5.41, 5.74) is 1.15. The first-order valence-corrected chi connectivity index (χ1v) is 6.28. The van der Waals surface area contributed by atoms with Gasteiger partial charge in [0.25, 0.3) is 0 Å². The van der Waals surface area contributed by atoms with E-state index < -0.39 is 5.97 Å². The monoisotopic (exact) mass is 251 g/mol. The highest BCUT2D eigenvalue weighted by Crippen LogP contribution is 2.14. The lowest BCUT2D eigenvalue weighted by Crippen LogP contribution is -2.32. The molecule has 2 N–H and O–H groups in total. The minimum atomic E-state index is -0.832. The Morgan fingerprint density at radius 1 is 1.50 bits per heavy atom. The zero-order valence-corrected chi connectivity index (χ0v) is 11.0. The molecular formula is C14H21NO3. The molecule has 0 aliphatic carbocycles. The molecule has 0 fully saturated rings. The molecule has 4 heteroatoms. The lowest BCUT2D eigenvalue weighted by atomic mass is 10.1. The molecule has 1 atom stereocenters. The van der Waals surface area contributed by atoms with Crippen molar-refractivity contribution in [3.63, 3.8) is 0 Å². The lowest BCUT2D eigenvalue weighted by Gasteiger charge is -2.13. The molecule has 0 bridgehead atoms. The third-order valence-corrected chi connectivity index (χ3v) is 2.51. The van der Waals surface area contributed by atoms with Gasteiger partial charge in [-0.1, -0.05) is 19.1 Å². The van der Waals surface area contributed by atoms with E-state index in [-0.39, 0.29) is 12.6 Å². The smallest absolute Gasteiger partial charge is 0.317 e. The molecule has 0 aromatic heterocycles. The van der Waals surface area contributed by atoms with Crippen LogP contribution < -0.4 is 10.1 Å². The second-order valence-corrected chi connectivity index (χ2v) is 4.38. The highest BCUT2D eigenvalue weighted by Gasteiger charge is 2.06. The van der Waals surface area contributed by atoms with Gasteiger partial charge < -0.3 is 15.2 Å². The van der Waals surface area contributed by atoms with Crippen LogP contribution in [0.2, 0.25) is 0 Å². The van der Waals surface area contributed by atoms with Gasteiger partial charge in [0.05, 0.1) is 13.2 Å². The van der Waals surface area contributed by atoms with Crippen molar-refractivity contribution in [3.8, 4) is 5.75 Å². The van der Waals surface area contributed by atoms with Gasteiger partial charge >= 0.3 is 5.97 Å². The van der Waals surface area contributed by atoms with Crippen molar-refractivity contribution in [2.24, 2.45) is 0 Å². The second kappa shape index (κ2) is 7.71. The van der Waals surface area contributed by atoms with E-state index >= 15 is 0 Å². The van der Waals surface area contributed by atoms with E-state index in [9.17, 15) is 4.79 Å². The molecule has 100 valence electrons. The number of benzene rings is 1. The highest BCUT2D eigenvalue weighted by atomic mass is 16.5. The van der Waals surface area contributed by atoms with Crippen molar-refractivity contribution in [3.05, 3.63) is 29.8 Å². The number of carboxylic acids is 1. The average Bonchev–Trinajstić information content (AvgIpc) is 2.34. The minimum absolute atomic E-state index is 0.00675. The molecule has 4 nitrogen and oxygen atoms in total. The first-order valence-electron chi connectivity index (χ1n) is 6.28. The van der Waals surface area contributed by atoms with E-state index in [0.717, 1.165) is 30.8 Å². The fourth-order valence-electron chi connectivity index (χ4n) is 1.67. The number of carbonyl (C=O) groups is 1. The summed E-state index contributed by atoms with van der Waals surface area (Å²) in [4.78, 5) is 10.4. The maximum atomic E-state index is 10.4. The summed E-state index contributed by atoms with van der Waals surface area (Å²) in [6, 6.07) is 8.06. The third kappa shape index (κ3) is 5.68.